The SMILES string of the molecule is [N-]=[N+]=NCc1ccc(C(=N)c2ccccc2)cc1. The molecule has 0 saturated carbocycles. The summed E-state index contributed by atoms with van der Waals surface area (Å²) in [5, 5.41) is 11.6. The minimum Gasteiger partial charge on any atom is -0.300 e. The molecular weight excluding hydrogens is 224 g/mol. The first-order chi connectivity index (χ1) is 8.81. The molecule has 0 atom stereocenters. The van der Waals surface area contributed by atoms with E-state index in [4.69, 9.17) is 10.9 Å². The average Bonchev–Trinajstić information content (AvgIpc) is 2.46. The van der Waals surface area contributed by atoms with Crippen molar-refractivity contribution in [2.75, 3.05) is 0 Å². The fourth-order valence-corrected chi connectivity index (χ4v) is 1.66. The number of azide groups is 1. The van der Waals surface area contributed by atoms with Crippen molar-refractivity contribution in [3.05, 3.63) is 81.7 Å². The highest BCUT2D eigenvalue weighted by atomic mass is 15.1. The van der Waals surface area contributed by atoms with Crippen LogP contribution in [-0.2, 0) is 6.54 Å². The molecule has 2 rings (SSSR count). The van der Waals surface area contributed by atoms with E-state index in [2.05, 4.69) is 10.0 Å². The summed E-state index contributed by atoms with van der Waals surface area (Å²) >= 11 is 0. The number of nitrogens with one attached hydrogen (secondary N) is 1. The molecule has 18 heavy (non-hydrogen) atoms. The summed E-state index contributed by atoms with van der Waals surface area (Å²) in [4.78, 5) is 2.72. The van der Waals surface area contributed by atoms with E-state index in [0.717, 1.165) is 16.7 Å². The molecule has 0 aliphatic carbocycles. The molecule has 0 aromatic heterocycles. The number of benzene rings is 2. The Morgan fingerprint density at radius 2 is 1.61 bits per heavy atom. The Morgan fingerprint density at radius 3 is 2.22 bits per heavy atom. The van der Waals surface area contributed by atoms with Crippen molar-refractivity contribution in [2.45, 2.75) is 6.54 Å². The van der Waals surface area contributed by atoms with Crippen LogP contribution in [0.2, 0.25) is 0 Å². The van der Waals surface area contributed by atoms with Gasteiger partial charge in [-0.25, -0.2) is 0 Å². The predicted octanol–water partition coefficient (Wildman–Crippen LogP) is 3.91. The van der Waals surface area contributed by atoms with Crippen LogP contribution in [0.25, 0.3) is 10.4 Å². The Bertz CT molecular complexity index is 581. The van der Waals surface area contributed by atoms with Gasteiger partial charge in [0, 0.05) is 10.5 Å². The van der Waals surface area contributed by atoms with Crippen LogP contribution < -0.4 is 0 Å². The molecule has 2 aromatic carbocycles. The summed E-state index contributed by atoms with van der Waals surface area (Å²) in [6.07, 6.45) is 0. The molecule has 0 unspecified atom stereocenters. The highest BCUT2D eigenvalue weighted by Crippen LogP contribution is 2.11. The van der Waals surface area contributed by atoms with Gasteiger partial charge in [-0.3, -0.25) is 5.41 Å². The van der Waals surface area contributed by atoms with E-state index in [9.17, 15) is 0 Å². The van der Waals surface area contributed by atoms with Gasteiger partial charge < -0.3 is 0 Å². The van der Waals surface area contributed by atoms with Gasteiger partial charge in [0.15, 0.2) is 0 Å². The van der Waals surface area contributed by atoms with Crippen molar-refractivity contribution in [3.63, 3.8) is 0 Å². The minimum absolute atomic E-state index is 0.343. The Morgan fingerprint density at radius 1 is 1.00 bits per heavy atom. The molecule has 2 aromatic rings. The molecule has 88 valence electrons. The second-order valence-corrected chi connectivity index (χ2v) is 3.83. The largest absolute Gasteiger partial charge is 0.300 e. The number of hydrogen-bond acceptors (Lipinski definition) is 2. The molecule has 0 amide bonds. The van der Waals surface area contributed by atoms with Crippen LogP contribution in [0.4, 0.5) is 0 Å². The minimum atomic E-state index is 0.343. The number of hydrogen-bond donors (Lipinski definition) is 1. The Kier molecular flexibility index (Phi) is 3.74. The van der Waals surface area contributed by atoms with Gasteiger partial charge in [0.05, 0.1) is 12.3 Å². The second kappa shape index (κ2) is 5.66. The average molecular weight is 236 g/mol. The lowest BCUT2D eigenvalue weighted by molar-refractivity contribution is 1.05. The molecule has 4 nitrogen and oxygen atoms in total. The molecule has 0 bridgehead atoms. The molecule has 0 heterocycles. The van der Waals surface area contributed by atoms with Crippen molar-refractivity contribution in [1.82, 2.24) is 0 Å². The monoisotopic (exact) mass is 236 g/mol. The number of nitrogens with zero attached hydrogens (tertiary/aromatic N) is 3. The third-order valence-electron chi connectivity index (χ3n) is 2.62. The van der Waals surface area contributed by atoms with Crippen LogP contribution >= 0.6 is 0 Å². The third kappa shape index (κ3) is 2.75. The highest BCUT2D eigenvalue weighted by Gasteiger charge is 2.03. The first-order valence-electron chi connectivity index (χ1n) is 5.55. The molecule has 0 radical (unpaired) electrons. The molecule has 0 fully saturated rings. The summed E-state index contributed by atoms with van der Waals surface area (Å²) < 4.78 is 0. The van der Waals surface area contributed by atoms with Gasteiger partial charge in [-0.2, -0.15) is 0 Å². The Labute approximate surface area is 105 Å². The van der Waals surface area contributed by atoms with Crippen LogP contribution in [0.1, 0.15) is 16.7 Å². The van der Waals surface area contributed by atoms with Gasteiger partial charge in [0.2, 0.25) is 0 Å². The summed E-state index contributed by atoms with van der Waals surface area (Å²) in [5.74, 6) is 0. The molecule has 0 aliphatic rings. The van der Waals surface area contributed by atoms with Crippen molar-refractivity contribution in [2.24, 2.45) is 5.11 Å². The summed E-state index contributed by atoms with van der Waals surface area (Å²) in [7, 11) is 0. The second-order valence-electron chi connectivity index (χ2n) is 3.83. The van der Waals surface area contributed by atoms with Gasteiger partial charge in [-0.15, -0.1) is 0 Å². The van der Waals surface area contributed by atoms with E-state index in [1.54, 1.807) is 0 Å². The topological polar surface area (TPSA) is 72.6 Å². The number of rotatable bonds is 4. The predicted molar refractivity (Wildman–Crippen MR) is 71.7 cm³/mol. The van der Waals surface area contributed by atoms with Gasteiger partial charge >= 0.3 is 0 Å². The molecular formula is C14H12N4. The molecule has 1 N–H and O–H groups in total. The highest BCUT2D eigenvalue weighted by molar-refractivity contribution is 6.10. The fraction of sp³-hybridized carbons (Fsp3) is 0.0714. The zero-order valence-corrected chi connectivity index (χ0v) is 9.74. The lowest BCUT2D eigenvalue weighted by atomic mass is 10.0. The smallest absolute Gasteiger partial charge is 0.0684 e. The molecule has 0 aliphatic heterocycles. The lowest BCUT2D eigenvalue weighted by Crippen LogP contribution is -2.00. The maximum absolute atomic E-state index is 8.24. The molecule has 0 spiro atoms. The lowest BCUT2D eigenvalue weighted by Gasteiger charge is -2.05. The summed E-state index contributed by atoms with van der Waals surface area (Å²) in [5.41, 5.74) is 11.4. The maximum atomic E-state index is 8.24. The van der Waals surface area contributed by atoms with Crippen LogP contribution in [0.15, 0.2) is 59.7 Å². The zero-order chi connectivity index (χ0) is 12.8. The maximum Gasteiger partial charge on any atom is 0.0684 e. The van der Waals surface area contributed by atoms with Crippen molar-refractivity contribution >= 4 is 5.71 Å². The van der Waals surface area contributed by atoms with Crippen LogP contribution in [-0.4, -0.2) is 5.71 Å². The summed E-state index contributed by atoms with van der Waals surface area (Å²) in [6, 6.07) is 17.1. The van der Waals surface area contributed by atoms with Crippen LogP contribution in [0, 0.1) is 5.41 Å². The van der Waals surface area contributed by atoms with Crippen molar-refractivity contribution < 1.29 is 0 Å². The quantitative estimate of drug-likeness (QED) is 0.362. The van der Waals surface area contributed by atoms with Crippen molar-refractivity contribution in [3.8, 4) is 0 Å². The van der Waals surface area contributed by atoms with Crippen LogP contribution in [0.3, 0.4) is 0 Å². The van der Waals surface area contributed by atoms with Gasteiger partial charge in [0.25, 0.3) is 0 Å². The first-order valence-corrected chi connectivity index (χ1v) is 5.55. The van der Waals surface area contributed by atoms with E-state index in [1.807, 2.05) is 54.6 Å². The van der Waals surface area contributed by atoms with Gasteiger partial charge in [0.1, 0.15) is 0 Å². The first kappa shape index (κ1) is 11.9. The molecule has 0 saturated heterocycles. The Balaban J connectivity index is 2.19. The van der Waals surface area contributed by atoms with E-state index in [-0.39, 0.29) is 0 Å². The summed E-state index contributed by atoms with van der Waals surface area (Å²) in [6.45, 7) is 0.343. The van der Waals surface area contributed by atoms with E-state index < -0.39 is 0 Å². The standard InChI is InChI=1S/C14H12N4/c15-14(12-4-2-1-3-5-12)13-8-6-11(7-9-13)10-17-18-16/h1-9,15H,10H2. The van der Waals surface area contributed by atoms with Crippen LogP contribution in [0.5, 0.6) is 0 Å². The van der Waals surface area contributed by atoms with Gasteiger partial charge in [-0.1, -0.05) is 59.7 Å². The molecule has 4 heteroatoms. The fourth-order valence-electron chi connectivity index (χ4n) is 1.66. The Hall–Kier alpha value is -2.58. The normalized spacial score (nSPS) is 9.56. The van der Waals surface area contributed by atoms with Gasteiger partial charge in [-0.05, 0) is 16.7 Å². The van der Waals surface area contributed by atoms with E-state index in [1.165, 1.54) is 0 Å². The van der Waals surface area contributed by atoms with Crippen molar-refractivity contribution in [1.29, 1.82) is 5.41 Å². The third-order valence-corrected chi connectivity index (χ3v) is 2.62. The van der Waals surface area contributed by atoms with E-state index >= 15 is 0 Å². The zero-order valence-electron chi connectivity index (χ0n) is 9.74. The van der Waals surface area contributed by atoms with E-state index in [0.29, 0.717) is 12.3 Å².